The molecule has 0 unspecified atom stereocenters. The third-order valence-electron chi connectivity index (χ3n) is 3.33. The number of aryl methyl sites for hydroxylation is 1. The maximum atomic E-state index is 10.2. The van der Waals surface area contributed by atoms with Gasteiger partial charge >= 0.3 is 0 Å². The van der Waals surface area contributed by atoms with E-state index in [2.05, 4.69) is 20.5 Å². The summed E-state index contributed by atoms with van der Waals surface area (Å²) in [5.41, 5.74) is 1.68. The zero-order valence-electron chi connectivity index (χ0n) is 12.7. The highest BCUT2D eigenvalue weighted by Crippen LogP contribution is 2.17. The Labute approximate surface area is 133 Å². The van der Waals surface area contributed by atoms with Gasteiger partial charge in [0.1, 0.15) is 24.2 Å². The van der Waals surface area contributed by atoms with Crippen LogP contribution in [0.5, 0.6) is 5.75 Å². The van der Waals surface area contributed by atoms with Crippen LogP contribution in [0.15, 0.2) is 48.7 Å². The van der Waals surface area contributed by atoms with E-state index in [1.54, 1.807) is 6.20 Å². The van der Waals surface area contributed by atoms with Gasteiger partial charge in [0.25, 0.3) is 0 Å². The lowest BCUT2D eigenvalue weighted by Gasteiger charge is -2.14. The van der Waals surface area contributed by atoms with E-state index in [1.807, 2.05) is 49.4 Å². The minimum absolute atomic E-state index is 0.159. The van der Waals surface area contributed by atoms with Crippen LogP contribution in [0.3, 0.4) is 0 Å². The molecule has 2 heterocycles. The number of aromatic nitrogens is 5. The smallest absolute Gasteiger partial charge is 0.200 e. The van der Waals surface area contributed by atoms with E-state index in [0.717, 1.165) is 11.3 Å². The van der Waals surface area contributed by atoms with Crippen LogP contribution in [-0.2, 0) is 6.54 Å². The molecule has 0 radical (unpaired) electrons. The maximum Gasteiger partial charge on any atom is 0.200 e. The first-order valence-electron chi connectivity index (χ1n) is 7.28. The molecule has 1 atom stereocenters. The van der Waals surface area contributed by atoms with Crippen LogP contribution in [-0.4, -0.2) is 43.0 Å². The molecule has 1 N–H and O–H groups in total. The third-order valence-corrected chi connectivity index (χ3v) is 3.33. The first-order chi connectivity index (χ1) is 11.2. The van der Waals surface area contributed by atoms with E-state index in [4.69, 9.17) is 4.74 Å². The molecule has 0 aliphatic heterocycles. The highest BCUT2D eigenvalue weighted by molar-refractivity contribution is 5.47. The number of rotatable bonds is 6. The first-order valence-corrected chi connectivity index (χ1v) is 7.28. The molecule has 7 nitrogen and oxygen atoms in total. The molecule has 7 heteroatoms. The van der Waals surface area contributed by atoms with E-state index in [0.29, 0.717) is 11.5 Å². The summed E-state index contributed by atoms with van der Waals surface area (Å²) in [5, 5.41) is 21.7. The molecule has 2 aromatic heterocycles. The van der Waals surface area contributed by atoms with E-state index in [-0.39, 0.29) is 13.2 Å². The van der Waals surface area contributed by atoms with Crippen LogP contribution in [0, 0.1) is 6.92 Å². The number of benzene rings is 1. The molecule has 3 rings (SSSR count). The lowest BCUT2D eigenvalue weighted by atomic mass is 10.2. The van der Waals surface area contributed by atoms with Gasteiger partial charge in [-0.15, -0.1) is 5.10 Å². The van der Waals surface area contributed by atoms with Gasteiger partial charge < -0.3 is 9.84 Å². The second-order valence-corrected chi connectivity index (χ2v) is 5.13. The van der Waals surface area contributed by atoms with Crippen molar-refractivity contribution < 1.29 is 9.84 Å². The largest absolute Gasteiger partial charge is 0.491 e. The number of aliphatic hydroxyl groups is 1. The zero-order valence-corrected chi connectivity index (χ0v) is 12.7. The fraction of sp³-hybridized carbons (Fsp3) is 0.250. The quantitative estimate of drug-likeness (QED) is 0.742. The maximum absolute atomic E-state index is 10.2. The Morgan fingerprint density at radius 1 is 1.17 bits per heavy atom. The van der Waals surface area contributed by atoms with Gasteiger partial charge in [0, 0.05) is 6.20 Å². The zero-order chi connectivity index (χ0) is 16.1. The van der Waals surface area contributed by atoms with Crippen LogP contribution in [0.4, 0.5) is 0 Å². The van der Waals surface area contributed by atoms with Crippen molar-refractivity contribution in [2.24, 2.45) is 0 Å². The Bertz CT molecular complexity index is 760. The normalized spacial score (nSPS) is 12.1. The molecule has 0 aliphatic rings. The molecular formula is C16H17N5O2. The summed E-state index contributed by atoms with van der Waals surface area (Å²) in [5.74, 6) is 1.27. The van der Waals surface area contributed by atoms with E-state index in [1.165, 1.54) is 4.68 Å². The van der Waals surface area contributed by atoms with Crippen LogP contribution in [0.1, 0.15) is 5.56 Å². The SMILES string of the molecule is Cc1ccccc1OC[C@H](O)Cn1nnnc1-c1ccccn1. The molecule has 0 saturated heterocycles. The van der Waals surface area contributed by atoms with E-state index < -0.39 is 6.10 Å². The topological polar surface area (TPSA) is 86.0 Å². The summed E-state index contributed by atoms with van der Waals surface area (Å²) >= 11 is 0. The number of nitrogens with zero attached hydrogens (tertiary/aromatic N) is 5. The summed E-state index contributed by atoms with van der Waals surface area (Å²) in [6.45, 7) is 2.35. The molecule has 0 spiro atoms. The van der Waals surface area contributed by atoms with Crippen LogP contribution in [0.2, 0.25) is 0 Å². The number of aliphatic hydroxyl groups excluding tert-OH is 1. The average molecular weight is 311 g/mol. The van der Waals surface area contributed by atoms with Crippen LogP contribution < -0.4 is 4.74 Å². The fourth-order valence-corrected chi connectivity index (χ4v) is 2.16. The number of pyridine rings is 1. The van der Waals surface area contributed by atoms with E-state index >= 15 is 0 Å². The molecule has 0 aliphatic carbocycles. The number of hydrogen-bond acceptors (Lipinski definition) is 6. The van der Waals surface area contributed by atoms with Gasteiger partial charge in [-0.1, -0.05) is 24.3 Å². The number of hydrogen-bond donors (Lipinski definition) is 1. The highest BCUT2D eigenvalue weighted by atomic mass is 16.5. The lowest BCUT2D eigenvalue weighted by molar-refractivity contribution is 0.0889. The standard InChI is InChI=1S/C16H17N5O2/c1-12-6-2-3-8-15(12)23-11-13(22)10-21-16(18-19-20-21)14-7-4-5-9-17-14/h2-9,13,22H,10-11H2,1H3/t13-/m1/s1. The summed E-state index contributed by atoms with van der Waals surface area (Å²) in [7, 11) is 0. The van der Waals surface area contributed by atoms with Crippen molar-refractivity contribution >= 4 is 0 Å². The molecule has 0 fully saturated rings. The first kappa shape index (κ1) is 15.1. The molecule has 3 aromatic rings. The molecule has 0 bridgehead atoms. The summed E-state index contributed by atoms with van der Waals surface area (Å²) in [6.07, 6.45) is 0.937. The van der Waals surface area contributed by atoms with Crippen molar-refractivity contribution in [2.45, 2.75) is 19.6 Å². The van der Waals surface area contributed by atoms with Crippen molar-refractivity contribution in [1.29, 1.82) is 0 Å². The molecule has 118 valence electrons. The second kappa shape index (κ2) is 6.97. The van der Waals surface area contributed by atoms with Gasteiger partial charge in [-0.2, -0.15) is 0 Å². The Balaban J connectivity index is 1.64. The minimum atomic E-state index is -0.736. The third kappa shape index (κ3) is 3.70. The second-order valence-electron chi connectivity index (χ2n) is 5.13. The molecule has 1 aromatic carbocycles. The summed E-state index contributed by atoms with van der Waals surface area (Å²) in [4.78, 5) is 4.22. The average Bonchev–Trinajstić information content (AvgIpc) is 3.03. The summed E-state index contributed by atoms with van der Waals surface area (Å²) < 4.78 is 7.17. The van der Waals surface area contributed by atoms with Crippen LogP contribution in [0.25, 0.3) is 11.5 Å². The predicted octanol–water partition coefficient (Wildman–Crippen LogP) is 1.48. The van der Waals surface area contributed by atoms with Gasteiger partial charge in [-0.05, 0) is 41.1 Å². The monoisotopic (exact) mass is 311 g/mol. The Morgan fingerprint density at radius 3 is 2.78 bits per heavy atom. The van der Waals surface area contributed by atoms with Crippen molar-refractivity contribution in [1.82, 2.24) is 25.2 Å². The minimum Gasteiger partial charge on any atom is -0.491 e. The highest BCUT2D eigenvalue weighted by Gasteiger charge is 2.14. The van der Waals surface area contributed by atoms with Crippen molar-refractivity contribution in [3.8, 4) is 17.3 Å². The van der Waals surface area contributed by atoms with Crippen molar-refractivity contribution in [3.05, 3.63) is 54.2 Å². The molecular weight excluding hydrogens is 294 g/mol. The summed E-state index contributed by atoms with van der Waals surface area (Å²) in [6, 6.07) is 13.2. The Hall–Kier alpha value is -2.80. The van der Waals surface area contributed by atoms with Crippen LogP contribution >= 0.6 is 0 Å². The van der Waals surface area contributed by atoms with Gasteiger partial charge in [-0.3, -0.25) is 4.98 Å². The van der Waals surface area contributed by atoms with Crippen molar-refractivity contribution in [3.63, 3.8) is 0 Å². The van der Waals surface area contributed by atoms with Gasteiger partial charge in [-0.25, -0.2) is 4.68 Å². The molecule has 0 amide bonds. The number of para-hydroxylation sites is 1. The van der Waals surface area contributed by atoms with Crippen molar-refractivity contribution in [2.75, 3.05) is 6.61 Å². The van der Waals surface area contributed by atoms with Gasteiger partial charge in [0.2, 0.25) is 5.82 Å². The lowest BCUT2D eigenvalue weighted by Crippen LogP contribution is -2.25. The number of tetrazole rings is 1. The van der Waals surface area contributed by atoms with Gasteiger partial charge in [0.15, 0.2) is 0 Å². The van der Waals surface area contributed by atoms with E-state index in [9.17, 15) is 5.11 Å². The Kier molecular flexibility index (Phi) is 4.58. The number of ether oxygens (including phenoxy) is 1. The molecule has 0 saturated carbocycles. The predicted molar refractivity (Wildman–Crippen MR) is 83.7 cm³/mol. The Morgan fingerprint density at radius 2 is 2.00 bits per heavy atom. The fourth-order valence-electron chi connectivity index (χ4n) is 2.16. The van der Waals surface area contributed by atoms with Gasteiger partial charge in [0.05, 0.1) is 6.54 Å². The molecule has 23 heavy (non-hydrogen) atoms.